The maximum Gasteiger partial charge on any atom is 0.411 e. The number of nitrogens with one attached hydrogen (secondary N) is 1. The minimum atomic E-state index is -1.44. The Morgan fingerprint density at radius 1 is 1.31 bits per heavy atom. The second-order valence-electron chi connectivity index (χ2n) is 4.64. The lowest BCUT2D eigenvalue weighted by molar-refractivity contribution is 0.168. The van der Waals surface area contributed by atoms with Gasteiger partial charge in [-0.15, -0.1) is 0 Å². The lowest BCUT2D eigenvalue weighted by Crippen LogP contribution is -2.40. The number of anilines is 1. The maximum atomic E-state index is 11.4. The highest BCUT2D eigenvalue weighted by Crippen LogP contribution is 2.11. The molecule has 1 N–H and O–H groups in total. The van der Waals surface area contributed by atoms with Crippen molar-refractivity contribution < 1.29 is 9.53 Å². The van der Waals surface area contributed by atoms with Gasteiger partial charge >= 0.3 is 6.09 Å². The van der Waals surface area contributed by atoms with Crippen molar-refractivity contribution in [2.75, 3.05) is 11.9 Å². The number of para-hydroxylation sites is 1. The Balaban J connectivity index is 2.92. The van der Waals surface area contributed by atoms with E-state index in [1.165, 1.54) is 5.19 Å². The number of ether oxygens (including phenoxy) is 1. The van der Waals surface area contributed by atoms with Crippen molar-refractivity contribution in [3.8, 4) is 0 Å². The Kier molecular flexibility index (Phi) is 4.12. The number of carbonyl (C=O) groups excluding carboxylic acids is 1. The molecule has 0 spiro atoms. The minimum Gasteiger partial charge on any atom is -0.450 e. The summed E-state index contributed by atoms with van der Waals surface area (Å²) in [7, 11) is -1.44. The van der Waals surface area contributed by atoms with Crippen molar-refractivity contribution in [3.05, 3.63) is 24.3 Å². The van der Waals surface area contributed by atoms with E-state index in [0.29, 0.717) is 6.61 Å². The van der Waals surface area contributed by atoms with Gasteiger partial charge in [0, 0.05) is 5.69 Å². The molecule has 4 heteroatoms. The molecule has 3 nitrogen and oxygen atoms in total. The van der Waals surface area contributed by atoms with Crippen LogP contribution in [-0.2, 0) is 4.74 Å². The summed E-state index contributed by atoms with van der Waals surface area (Å²) < 4.78 is 4.88. The van der Waals surface area contributed by atoms with Crippen LogP contribution in [-0.4, -0.2) is 20.8 Å². The van der Waals surface area contributed by atoms with Crippen LogP contribution in [0.2, 0.25) is 19.6 Å². The van der Waals surface area contributed by atoms with E-state index in [1.54, 1.807) is 6.92 Å². The third kappa shape index (κ3) is 3.38. The van der Waals surface area contributed by atoms with Gasteiger partial charge < -0.3 is 4.74 Å². The van der Waals surface area contributed by atoms with Gasteiger partial charge in [-0.1, -0.05) is 37.8 Å². The van der Waals surface area contributed by atoms with Crippen LogP contribution in [0.4, 0.5) is 10.5 Å². The van der Waals surface area contributed by atoms with Crippen molar-refractivity contribution >= 4 is 25.0 Å². The highest BCUT2D eigenvalue weighted by atomic mass is 28.3. The molecule has 0 unspecified atom stereocenters. The Labute approximate surface area is 97.8 Å². The fourth-order valence-corrected chi connectivity index (χ4v) is 3.07. The highest BCUT2D eigenvalue weighted by Gasteiger charge is 2.20. The van der Waals surface area contributed by atoms with Gasteiger partial charge in [0.05, 0.1) is 14.7 Å². The number of hydrogen-bond acceptors (Lipinski definition) is 2. The molecule has 0 saturated carbocycles. The molecular weight excluding hydrogens is 218 g/mol. The van der Waals surface area contributed by atoms with E-state index in [-0.39, 0.29) is 6.09 Å². The van der Waals surface area contributed by atoms with Gasteiger partial charge in [-0.25, -0.2) is 4.79 Å². The van der Waals surface area contributed by atoms with Crippen LogP contribution in [0.5, 0.6) is 0 Å². The fraction of sp³-hybridized carbons (Fsp3) is 0.417. The molecule has 0 radical (unpaired) electrons. The zero-order chi connectivity index (χ0) is 12.2. The van der Waals surface area contributed by atoms with Gasteiger partial charge in [-0.3, -0.25) is 5.32 Å². The molecule has 1 rings (SSSR count). The van der Waals surface area contributed by atoms with Crippen LogP contribution in [0.1, 0.15) is 6.92 Å². The van der Waals surface area contributed by atoms with Gasteiger partial charge in [-0.05, 0) is 18.2 Å². The third-order valence-corrected chi connectivity index (χ3v) is 4.30. The van der Waals surface area contributed by atoms with Gasteiger partial charge in [-0.2, -0.15) is 0 Å². The lowest BCUT2D eigenvalue weighted by atomic mass is 10.3. The Morgan fingerprint density at radius 2 is 1.94 bits per heavy atom. The summed E-state index contributed by atoms with van der Waals surface area (Å²) in [6, 6.07) is 7.92. The van der Waals surface area contributed by atoms with Crippen LogP contribution in [0.3, 0.4) is 0 Å². The molecule has 1 amide bonds. The number of benzene rings is 1. The summed E-state index contributed by atoms with van der Waals surface area (Å²) in [6.07, 6.45) is -0.381. The van der Waals surface area contributed by atoms with Crippen molar-refractivity contribution in [2.45, 2.75) is 26.6 Å². The van der Waals surface area contributed by atoms with Crippen molar-refractivity contribution in [3.63, 3.8) is 0 Å². The first-order valence-corrected chi connectivity index (χ1v) is 8.98. The quantitative estimate of drug-likeness (QED) is 0.821. The van der Waals surface area contributed by atoms with E-state index in [1.807, 2.05) is 18.2 Å². The zero-order valence-electron chi connectivity index (χ0n) is 10.3. The molecule has 1 aromatic rings. The van der Waals surface area contributed by atoms with Gasteiger partial charge in [0.25, 0.3) is 0 Å². The molecule has 0 aliphatic heterocycles. The van der Waals surface area contributed by atoms with E-state index in [9.17, 15) is 4.79 Å². The minimum absolute atomic E-state index is 0.381. The summed E-state index contributed by atoms with van der Waals surface area (Å²) in [5, 5.41) is 4.03. The number of carbonyl (C=O) groups is 1. The normalized spacial score (nSPS) is 11.0. The van der Waals surface area contributed by atoms with Crippen molar-refractivity contribution in [1.29, 1.82) is 0 Å². The largest absolute Gasteiger partial charge is 0.450 e. The Morgan fingerprint density at radius 3 is 2.50 bits per heavy atom. The first kappa shape index (κ1) is 12.8. The maximum absolute atomic E-state index is 11.4. The highest BCUT2D eigenvalue weighted by molar-refractivity contribution is 6.89. The summed E-state index contributed by atoms with van der Waals surface area (Å²) in [5.41, 5.74) is 0.875. The molecule has 16 heavy (non-hydrogen) atoms. The second kappa shape index (κ2) is 5.16. The molecule has 88 valence electrons. The molecule has 0 heterocycles. The molecule has 0 atom stereocenters. The zero-order valence-corrected chi connectivity index (χ0v) is 11.3. The van der Waals surface area contributed by atoms with Crippen molar-refractivity contribution in [2.24, 2.45) is 0 Å². The first-order chi connectivity index (χ1) is 7.45. The third-order valence-electron chi connectivity index (χ3n) is 2.25. The summed E-state index contributed by atoms with van der Waals surface area (Å²) in [4.78, 5) is 11.4. The monoisotopic (exact) mass is 237 g/mol. The molecule has 0 aliphatic carbocycles. The molecule has 0 saturated heterocycles. The summed E-state index contributed by atoms with van der Waals surface area (Å²) in [5.74, 6) is 0. The predicted octanol–water partition coefficient (Wildman–Crippen LogP) is 2.80. The number of hydrogen-bond donors (Lipinski definition) is 1. The smallest absolute Gasteiger partial charge is 0.411 e. The van der Waals surface area contributed by atoms with Gasteiger partial charge in [0.2, 0.25) is 0 Å². The molecule has 1 aromatic carbocycles. The van der Waals surface area contributed by atoms with Crippen LogP contribution < -0.4 is 10.5 Å². The summed E-state index contributed by atoms with van der Waals surface area (Å²) in [6.45, 7) is 8.93. The molecule has 0 bridgehead atoms. The summed E-state index contributed by atoms with van der Waals surface area (Å²) >= 11 is 0. The second-order valence-corrected chi connectivity index (χ2v) is 9.68. The molecule has 0 aromatic heterocycles. The van der Waals surface area contributed by atoms with Gasteiger partial charge in [0.15, 0.2) is 0 Å². The van der Waals surface area contributed by atoms with E-state index < -0.39 is 8.07 Å². The fourth-order valence-electron chi connectivity index (χ4n) is 1.52. The van der Waals surface area contributed by atoms with E-state index in [2.05, 4.69) is 31.0 Å². The SMILES string of the molecule is CCOC(=O)Nc1ccccc1[Si](C)(C)C. The average Bonchev–Trinajstić information content (AvgIpc) is 2.17. The number of amides is 1. The van der Waals surface area contributed by atoms with Crippen LogP contribution in [0.25, 0.3) is 0 Å². The van der Waals surface area contributed by atoms with E-state index in [4.69, 9.17) is 4.74 Å². The molecular formula is C12H19NO2Si. The van der Waals surface area contributed by atoms with E-state index >= 15 is 0 Å². The van der Waals surface area contributed by atoms with Crippen LogP contribution in [0.15, 0.2) is 24.3 Å². The Bertz CT molecular complexity index is 372. The van der Waals surface area contributed by atoms with Gasteiger partial charge in [0.1, 0.15) is 0 Å². The standard InChI is InChI=1S/C12H19NO2Si/c1-5-15-12(14)13-10-8-6-7-9-11(10)16(2,3)4/h6-9H,5H2,1-4H3,(H,13,14). The molecule has 0 aliphatic rings. The van der Waals surface area contributed by atoms with Crippen LogP contribution in [0, 0.1) is 0 Å². The topological polar surface area (TPSA) is 38.3 Å². The lowest BCUT2D eigenvalue weighted by Gasteiger charge is -2.20. The molecule has 0 fully saturated rings. The number of rotatable bonds is 3. The Hall–Kier alpha value is -1.29. The first-order valence-electron chi connectivity index (χ1n) is 5.48. The average molecular weight is 237 g/mol. The predicted molar refractivity (Wildman–Crippen MR) is 70.1 cm³/mol. The van der Waals surface area contributed by atoms with Crippen molar-refractivity contribution in [1.82, 2.24) is 0 Å². The van der Waals surface area contributed by atoms with E-state index in [0.717, 1.165) is 5.69 Å². The van der Waals surface area contributed by atoms with Crippen LogP contribution >= 0.6 is 0 Å².